The van der Waals surface area contributed by atoms with Gasteiger partial charge >= 0.3 is 12.1 Å². The molecule has 0 bridgehead atoms. The Kier molecular flexibility index (Phi) is 7.33. The standard InChI is InChI=1S/C18H14BrF6N3O2S/c1-16(12-10(20)7-8-11(19)26-12,17(21,22)14(30)18(23,24)25)28-15(31)27-13(29)9-5-3-2-4-6-9/h2-8,14,30H,1H3,(H2,27,28,29,31)/t14-,16?/m1/s1. The second-order valence-electron chi connectivity index (χ2n) is 6.43. The summed E-state index contributed by atoms with van der Waals surface area (Å²) in [6.45, 7) is 0.473. The summed E-state index contributed by atoms with van der Waals surface area (Å²) in [6.07, 6.45) is -9.96. The first kappa shape index (κ1) is 25.0. The van der Waals surface area contributed by atoms with Crippen LogP contribution in [-0.2, 0) is 5.54 Å². The predicted molar refractivity (Wildman–Crippen MR) is 106 cm³/mol. The van der Waals surface area contributed by atoms with Crippen LogP contribution in [0, 0.1) is 5.82 Å². The summed E-state index contributed by atoms with van der Waals surface area (Å²) in [4.78, 5) is 15.7. The van der Waals surface area contributed by atoms with Crippen LogP contribution in [0.15, 0.2) is 47.1 Å². The van der Waals surface area contributed by atoms with Crippen LogP contribution in [-0.4, -0.2) is 39.3 Å². The zero-order valence-electron chi connectivity index (χ0n) is 15.5. The number of amides is 1. The quantitative estimate of drug-likeness (QED) is 0.309. The van der Waals surface area contributed by atoms with E-state index in [1.807, 2.05) is 10.6 Å². The van der Waals surface area contributed by atoms with Crippen molar-refractivity contribution in [3.63, 3.8) is 0 Å². The number of carbonyl (C=O) groups is 1. The number of nitrogens with zero attached hydrogens (tertiary/aromatic N) is 1. The van der Waals surface area contributed by atoms with Crippen LogP contribution in [0.3, 0.4) is 0 Å². The maximum absolute atomic E-state index is 15.0. The van der Waals surface area contributed by atoms with Crippen molar-refractivity contribution in [1.29, 1.82) is 0 Å². The van der Waals surface area contributed by atoms with Crippen molar-refractivity contribution in [1.82, 2.24) is 15.6 Å². The van der Waals surface area contributed by atoms with Gasteiger partial charge in [-0.25, -0.2) is 18.2 Å². The van der Waals surface area contributed by atoms with E-state index in [1.165, 1.54) is 24.3 Å². The van der Waals surface area contributed by atoms with E-state index in [0.29, 0.717) is 13.0 Å². The fourth-order valence-corrected chi connectivity index (χ4v) is 3.18. The third kappa shape index (κ3) is 5.33. The third-order valence-corrected chi connectivity index (χ3v) is 4.88. The Morgan fingerprint density at radius 2 is 1.71 bits per heavy atom. The van der Waals surface area contributed by atoms with Gasteiger partial charge in [0.1, 0.15) is 21.7 Å². The third-order valence-electron chi connectivity index (χ3n) is 4.23. The molecule has 0 aliphatic rings. The minimum atomic E-state index is -5.76. The second kappa shape index (κ2) is 9.09. The molecule has 0 fully saturated rings. The number of rotatable bonds is 5. The Hall–Kier alpha value is -2.25. The molecule has 3 N–H and O–H groups in total. The number of aliphatic hydroxyl groups excluding tert-OH is 1. The SMILES string of the molecule is CC(NC(=S)NC(=O)c1ccccc1)(c1nc(Br)ccc1F)C(F)(F)[C@@H](O)C(F)(F)F. The summed E-state index contributed by atoms with van der Waals surface area (Å²) in [5.74, 6) is -7.34. The van der Waals surface area contributed by atoms with Crippen molar-refractivity contribution in [3.05, 3.63) is 64.1 Å². The molecule has 0 saturated heterocycles. The Balaban J connectivity index is 2.48. The number of pyridine rings is 1. The zero-order valence-corrected chi connectivity index (χ0v) is 17.9. The van der Waals surface area contributed by atoms with Gasteiger partial charge in [0, 0.05) is 5.56 Å². The van der Waals surface area contributed by atoms with Crippen LogP contribution < -0.4 is 10.6 Å². The molecule has 0 spiro atoms. The molecule has 0 radical (unpaired) electrons. The molecule has 1 heterocycles. The Morgan fingerprint density at radius 1 is 1.13 bits per heavy atom. The number of hydrogen-bond donors (Lipinski definition) is 3. The molecule has 0 aliphatic heterocycles. The topological polar surface area (TPSA) is 74.2 Å². The van der Waals surface area contributed by atoms with Crippen molar-refractivity contribution < 1.29 is 36.2 Å². The molecule has 1 aromatic carbocycles. The zero-order chi connectivity index (χ0) is 23.6. The molecule has 1 aromatic heterocycles. The van der Waals surface area contributed by atoms with Gasteiger partial charge < -0.3 is 10.4 Å². The highest BCUT2D eigenvalue weighted by Crippen LogP contribution is 2.45. The molecule has 5 nitrogen and oxygen atoms in total. The molecule has 31 heavy (non-hydrogen) atoms. The summed E-state index contributed by atoms with van der Waals surface area (Å²) in [7, 11) is 0. The lowest BCUT2D eigenvalue weighted by Crippen LogP contribution is -2.65. The number of thiocarbonyl (C=S) groups is 1. The number of aliphatic hydroxyl groups is 1. The van der Waals surface area contributed by atoms with Gasteiger partial charge in [0.15, 0.2) is 5.11 Å². The van der Waals surface area contributed by atoms with Crippen LogP contribution >= 0.6 is 28.1 Å². The molecule has 2 aromatic rings. The van der Waals surface area contributed by atoms with E-state index < -0.39 is 46.3 Å². The lowest BCUT2D eigenvalue weighted by Gasteiger charge is -2.41. The molecule has 0 aliphatic carbocycles. The van der Waals surface area contributed by atoms with Gasteiger partial charge in [-0.3, -0.25) is 10.1 Å². The van der Waals surface area contributed by atoms with Gasteiger partial charge in [0.05, 0.1) is 0 Å². The van der Waals surface area contributed by atoms with E-state index in [2.05, 4.69) is 20.9 Å². The molecule has 168 valence electrons. The van der Waals surface area contributed by atoms with Crippen LogP contribution in [0.5, 0.6) is 0 Å². The van der Waals surface area contributed by atoms with Crippen molar-refractivity contribution in [2.24, 2.45) is 0 Å². The van der Waals surface area contributed by atoms with E-state index in [4.69, 9.17) is 12.2 Å². The van der Waals surface area contributed by atoms with Gasteiger partial charge in [0.25, 0.3) is 5.91 Å². The van der Waals surface area contributed by atoms with Gasteiger partial charge in [-0.15, -0.1) is 0 Å². The van der Waals surface area contributed by atoms with E-state index >= 15 is 0 Å². The summed E-state index contributed by atoms with van der Waals surface area (Å²) in [5, 5.41) is 12.4. The smallest absolute Gasteiger partial charge is 0.379 e. The first-order valence-electron chi connectivity index (χ1n) is 8.34. The van der Waals surface area contributed by atoms with Crippen LogP contribution in [0.25, 0.3) is 0 Å². The number of halogens is 7. The van der Waals surface area contributed by atoms with Crippen LogP contribution in [0.2, 0.25) is 0 Å². The highest BCUT2D eigenvalue weighted by molar-refractivity contribution is 9.10. The van der Waals surface area contributed by atoms with Crippen LogP contribution in [0.4, 0.5) is 26.3 Å². The molecular formula is C18H14BrF6N3O2S. The summed E-state index contributed by atoms with van der Waals surface area (Å²) >= 11 is 7.63. The maximum atomic E-state index is 15.0. The molecule has 2 rings (SSSR count). The molecular weight excluding hydrogens is 516 g/mol. The van der Waals surface area contributed by atoms with Gasteiger partial charge in [-0.05, 0) is 59.3 Å². The first-order chi connectivity index (χ1) is 14.2. The highest BCUT2D eigenvalue weighted by atomic mass is 79.9. The normalized spacial score (nSPS) is 15.0. The summed E-state index contributed by atoms with van der Waals surface area (Å²) in [5.41, 5.74) is -4.43. The van der Waals surface area contributed by atoms with Gasteiger partial charge in [-0.1, -0.05) is 18.2 Å². The summed E-state index contributed by atoms with van der Waals surface area (Å²) < 4.78 is 83.0. The number of hydrogen-bond acceptors (Lipinski definition) is 4. The minimum absolute atomic E-state index is 0.0715. The number of benzene rings is 1. The van der Waals surface area contributed by atoms with Crippen molar-refractivity contribution in [2.45, 2.75) is 30.7 Å². The molecule has 1 unspecified atom stereocenters. The number of aromatic nitrogens is 1. The van der Waals surface area contributed by atoms with Crippen LogP contribution in [0.1, 0.15) is 23.0 Å². The fourth-order valence-electron chi connectivity index (χ4n) is 2.57. The molecule has 1 amide bonds. The van der Waals surface area contributed by atoms with Gasteiger partial charge in [-0.2, -0.15) is 13.2 Å². The average Bonchev–Trinajstić information content (AvgIpc) is 2.68. The van der Waals surface area contributed by atoms with Crippen molar-refractivity contribution >= 4 is 39.2 Å². The minimum Gasteiger partial charge on any atom is -0.379 e. The fraction of sp³-hybridized carbons (Fsp3) is 0.278. The molecule has 0 saturated carbocycles. The number of carbonyl (C=O) groups excluding carboxylic acids is 1. The molecule has 2 atom stereocenters. The van der Waals surface area contributed by atoms with E-state index in [0.717, 1.165) is 6.07 Å². The Bertz CT molecular complexity index is 977. The second-order valence-corrected chi connectivity index (χ2v) is 7.65. The largest absolute Gasteiger partial charge is 0.420 e. The first-order valence-corrected chi connectivity index (χ1v) is 9.54. The molecule has 13 heteroatoms. The summed E-state index contributed by atoms with van der Waals surface area (Å²) in [6, 6.07) is 9.07. The predicted octanol–water partition coefficient (Wildman–Crippen LogP) is 4.06. The monoisotopic (exact) mass is 529 g/mol. The Morgan fingerprint density at radius 3 is 2.26 bits per heavy atom. The van der Waals surface area contributed by atoms with E-state index in [9.17, 15) is 36.2 Å². The Labute approximate surface area is 186 Å². The van der Waals surface area contributed by atoms with E-state index in [-0.39, 0.29) is 10.2 Å². The lowest BCUT2D eigenvalue weighted by atomic mass is 9.85. The highest BCUT2D eigenvalue weighted by Gasteiger charge is 2.66. The number of nitrogens with one attached hydrogen (secondary N) is 2. The average molecular weight is 530 g/mol. The lowest BCUT2D eigenvalue weighted by molar-refractivity contribution is -0.288. The number of alkyl halides is 5. The van der Waals surface area contributed by atoms with Crippen molar-refractivity contribution in [2.75, 3.05) is 0 Å². The van der Waals surface area contributed by atoms with E-state index in [1.54, 1.807) is 6.07 Å². The maximum Gasteiger partial charge on any atom is 0.420 e. The van der Waals surface area contributed by atoms with Crippen molar-refractivity contribution in [3.8, 4) is 0 Å². The van der Waals surface area contributed by atoms with Gasteiger partial charge in [0.2, 0.25) is 6.10 Å².